The first kappa shape index (κ1) is 14.5. The molecule has 20 heavy (non-hydrogen) atoms. The Hall–Kier alpha value is -1.95. The van der Waals surface area contributed by atoms with Crippen molar-refractivity contribution >= 4 is 33.2 Å². The molecule has 104 valence electrons. The summed E-state index contributed by atoms with van der Waals surface area (Å²) in [6.07, 6.45) is 0. The summed E-state index contributed by atoms with van der Waals surface area (Å²) in [5.74, 6) is -1.72. The molecule has 0 unspecified atom stereocenters. The van der Waals surface area contributed by atoms with Gasteiger partial charge in [0.15, 0.2) is 0 Å². The number of nitrogens with one attached hydrogen (secondary N) is 2. The molecule has 3 nitrogen and oxygen atoms in total. The fourth-order valence-electron chi connectivity index (χ4n) is 1.55. The Morgan fingerprint density at radius 1 is 1.10 bits per heavy atom. The summed E-state index contributed by atoms with van der Waals surface area (Å²) < 4.78 is 27.0. The highest BCUT2D eigenvalue weighted by molar-refractivity contribution is 9.10. The molecule has 0 aliphatic rings. The van der Waals surface area contributed by atoms with E-state index in [2.05, 4.69) is 26.6 Å². The van der Waals surface area contributed by atoms with Crippen LogP contribution in [0.2, 0.25) is 0 Å². The van der Waals surface area contributed by atoms with Crippen molar-refractivity contribution in [2.75, 3.05) is 17.2 Å². The Balaban J connectivity index is 1.90. The first-order chi connectivity index (χ1) is 9.54. The van der Waals surface area contributed by atoms with Crippen LogP contribution in [0.3, 0.4) is 0 Å². The Bertz CT molecular complexity index is 617. The number of carbonyl (C=O) groups excluding carboxylic acids is 1. The SMILES string of the molecule is O=C(CNc1ccc(F)cc1F)Nc1ccc(Br)cc1. The predicted molar refractivity (Wildman–Crippen MR) is 77.6 cm³/mol. The van der Waals surface area contributed by atoms with E-state index in [1.807, 2.05) is 0 Å². The number of rotatable bonds is 4. The van der Waals surface area contributed by atoms with Crippen molar-refractivity contribution < 1.29 is 13.6 Å². The Morgan fingerprint density at radius 3 is 2.45 bits per heavy atom. The number of anilines is 2. The number of halogens is 3. The molecular formula is C14H11BrF2N2O. The van der Waals surface area contributed by atoms with E-state index in [0.717, 1.165) is 16.6 Å². The maximum absolute atomic E-state index is 13.3. The highest BCUT2D eigenvalue weighted by Gasteiger charge is 2.06. The zero-order chi connectivity index (χ0) is 14.5. The van der Waals surface area contributed by atoms with Crippen LogP contribution in [-0.4, -0.2) is 12.5 Å². The molecule has 6 heteroatoms. The average Bonchev–Trinajstić information content (AvgIpc) is 2.40. The van der Waals surface area contributed by atoms with Gasteiger partial charge >= 0.3 is 0 Å². The van der Waals surface area contributed by atoms with E-state index in [-0.39, 0.29) is 18.1 Å². The minimum Gasteiger partial charge on any atom is -0.374 e. The van der Waals surface area contributed by atoms with Crippen LogP contribution in [0, 0.1) is 11.6 Å². The maximum atomic E-state index is 13.3. The molecule has 0 fully saturated rings. The highest BCUT2D eigenvalue weighted by atomic mass is 79.9. The van der Waals surface area contributed by atoms with Gasteiger partial charge in [0.1, 0.15) is 11.6 Å². The van der Waals surface area contributed by atoms with Gasteiger partial charge in [-0.05, 0) is 36.4 Å². The van der Waals surface area contributed by atoms with Crippen LogP contribution in [0.15, 0.2) is 46.9 Å². The standard InChI is InChI=1S/C14H11BrF2N2O/c15-9-1-4-11(5-2-9)19-14(20)8-18-13-6-3-10(16)7-12(13)17/h1-7,18H,8H2,(H,19,20). The molecule has 1 amide bonds. The van der Waals surface area contributed by atoms with Gasteiger partial charge in [0.2, 0.25) is 5.91 Å². The Kier molecular flexibility index (Phi) is 4.68. The van der Waals surface area contributed by atoms with Crippen LogP contribution in [0.25, 0.3) is 0 Å². The van der Waals surface area contributed by atoms with E-state index in [4.69, 9.17) is 0 Å². The zero-order valence-electron chi connectivity index (χ0n) is 10.3. The van der Waals surface area contributed by atoms with Crippen molar-refractivity contribution in [1.82, 2.24) is 0 Å². The second-order valence-electron chi connectivity index (χ2n) is 4.03. The number of benzene rings is 2. The van der Waals surface area contributed by atoms with Crippen LogP contribution in [0.4, 0.5) is 20.2 Å². The third kappa shape index (κ3) is 4.03. The van der Waals surface area contributed by atoms with E-state index >= 15 is 0 Å². The van der Waals surface area contributed by atoms with E-state index in [9.17, 15) is 13.6 Å². The normalized spacial score (nSPS) is 10.2. The third-order valence-corrected chi connectivity index (χ3v) is 3.03. The van der Waals surface area contributed by atoms with Gasteiger partial charge < -0.3 is 10.6 Å². The first-order valence-electron chi connectivity index (χ1n) is 5.79. The molecular weight excluding hydrogens is 330 g/mol. The summed E-state index contributed by atoms with van der Waals surface area (Å²) >= 11 is 3.29. The van der Waals surface area contributed by atoms with Gasteiger partial charge in [0.05, 0.1) is 12.2 Å². The summed E-state index contributed by atoms with van der Waals surface area (Å²) in [5, 5.41) is 5.26. The summed E-state index contributed by atoms with van der Waals surface area (Å²) in [4.78, 5) is 11.7. The minimum absolute atomic E-state index is 0.0809. The highest BCUT2D eigenvalue weighted by Crippen LogP contribution is 2.15. The van der Waals surface area contributed by atoms with E-state index in [1.54, 1.807) is 24.3 Å². The molecule has 0 saturated heterocycles. The predicted octanol–water partition coefficient (Wildman–Crippen LogP) is 3.78. The maximum Gasteiger partial charge on any atom is 0.243 e. The van der Waals surface area contributed by atoms with Gasteiger partial charge in [-0.15, -0.1) is 0 Å². The number of amides is 1. The second kappa shape index (κ2) is 6.47. The van der Waals surface area contributed by atoms with Crippen LogP contribution < -0.4 is 10.6 Å². The van der Waals surface area contributed by atoms with Crippen LogP contribution in [0.1, 0.15) is 0 Å². The summed E-state index contributed by atoms with van der Waals surface area (Å²) in [6, 6.07) is 10.2. The largest absolute Gasteiger partial charge is 0.374 e. The second-order valence-corrected chi connectivity index (χ2v) is 4.95. The molecule has 0 spiro atoms. The smallest absolute Gasteiger partial charge is 0.243 e. The average molecular weight is 341 g/mol. The summed E-state index contributed by atoms with van der Waals surface area (Å²) in [7, 11) is 0. The quantitative estimate of drug-likeness (QED) is 0.889. The van der Waals surface area contributed by atoms with Gasteiger partial charge in [0.25, 0.3) is 0 Å². The molecule has 0 atom stereocenters. The lowest BCUT2D eigenvalue weighted by atomic mass is 10.3. The van der Waals surface area contributed by atoms with Gasteiger partial charge in [0, 0.05) is 16.2 Å². The van der Waals surface area contributed by atoms with E-state index in [0.29, 0.717) is 5.69 Å². The fraction of sp³-hybridized carbons (Fsp3) is 0.0714. The van der Waals surface area contributed by atoms with Crippen molar-refractivity contribution in [1.29, 1.82) is 0 Å². The molecule has 2 aromatic carbocycles. The first-order valence-corrected chi connectivity index (χ1v) is 6.58. The number of hydrogen-bond donors (Lipinski definition) is 2. The third-order valence-electron chi connectivity index (χ3n) is 2.50. The molecule has 2 rings (SSSR count). The fourth-order valence-corrected chi connectivity index (χ4v) is 1.81. The molecule has 2 aromatic rings. The van der Waals surface area contributed by atoms with E-state index < -0.39 is 11.6 Å². The topological polar surface area (TPSA) is 41.1 Å². The van der Waals surface area contributed by atoms with E-state index in [1.165, 1.54) is 6.07 Å². The molecule has 0 aliphatic heterocycles. The molecule has 0 aliphatic carbocycles. The van der Waals surface area contributed by atoms with Gasteiger partial charge in [-0.25, -0.2) is 8.78 Å². The lowest BCUT2D eigenvalue weighted by Crippen LogP contribution is -2.22. The molecule has 0 heterocycles. The Labute approximate surface area is 123 Å². The molecule has 0 aromatic heterocycles. The molecule has 2 N–H and O–H groups in total. The molecule has 0 saturated carbocycles. The number of carbonyl (C=O) groups is 1. The monoisotopic (exact) mass is 340 g/mol. The summed E-state index contributed by atoms with van der Waals surface area (Å²) in [6.45, 7) is -0.112. The van der Waals surface area contributed by atoms with Crippen LogP contribution in [-0.2, 0) is 4.79 Å². The Morgan fingerprint density at radius 2 is 1.80 bits per heavy atom. The van der Waals surface area contributed by atoms with Crippen molar-refractivity contribution in [2.45, 2.75) is 0 Å². The number of hydrogen-bond acceptors (Lipinski definition) is 2. The molecule has 0 bridgehead atoms. The minimum atomic E-state index is -0.735. The van der Waals surface area contributed by atoms with Crippen molar-refractivity contribution in [3.8, 4) is 0 Å². The van der Waals surface area contributed by atoms with Gasteiger partial charge in [-0.1, -0.05) is 15.9 Å². The van der Waals surface area contributed by atoms with Crippen LogP contribution >= 0.6 is 15.9 Å². The summed E-state index contributed by atoms with van der Waals surface area (Å²) in [5.41, 5.74) is 0.719. The molecule has 0 radical (unpaired) electrons. The van der Waals surface area contributed by atoms with Crippen molar-refractivity contribution in [2.24, 2.45) is 0 Å². The van der Waals surface area contributed by atoms with Crippen molar-refractivity contribution in [3.63, 3.8) is 0 Å². The lowest BCUT2D eigenvalue weighted by molar-refractivity contribution is -0.114. The van der Waals surface area contributed by atoms with Crippen molar-refractivity contribution in [3.05, 3.63) is 58.6 Å². The van der Waals surface area contributed by atoms with Gasteiger partial charge in [-0.3, -0.25) is 4.79 Å². The van der Waals surface area contributed by atoms with Crippen LogP contribution in [0.5, 0.6) is 0 Å². The lowest BCUT2D eigenvalue weighted by Gasteiger charge is -2.08. The van der Waals surface area contributed by atoms with Gasteiger partial charge in [-0.2, -0.15) is 0 Å². The zero-order valence-corrected chi connectivity index (χ0v) is 11.9.